The molecule has 0 spiro atoms. The maximum Gasteiger partial charge on any atom is 0.266 e. The standard InChI is InChI=1S/C21H25N5O2/c1-14-7-8-17(16(11-14)21(3,4)5)28-15(2)20(27)25-18-12-19(23-13-22-18)26-10-6-9-24-26/h6-13,15H,1-5H3,(H,22,23,25,27). The molecule has 146 valence electrons. The van der Waals surface area contributed by atoms with Gasteiger partial charge < -0.3 is 10.1 Å². The first-order valence-corrected chi connectivity index (χ1v) is 9.15. The summed E-state index contributed by atoms with van der Waals surface area (Å²) in [5.41, 5.74) is 2.12. The van der Waals surface area contributed by atoms with Gasteiger partial charge in [-0.15, -0.1) is 0 Å². The number of hydrogen-bond donors (Lipinski definition) is 1. The van der Waals surface area contributed by atoms with E-state index < -0.39 is 6.10 Å². The molecule has 1 amide bonds. The number of rotatable bonds is 5. The summed E-state index contributed by atoms with van der Waals surface area (Å²) >= 11 is 0. The Bertz CT molecular complexity index is 961. The van der Waals surface area contributed by atoms with Gasteiger partial charge >= 0.3 is 0 Å². The SMILES string of the molecule is Cc1ccc(OC(C)C(=O)Nc2cc(-n3cccn3)ncn2)c(C(C)(C)C)c1. The van der Waals surface area contributed by atoms with E-state index in [1.165, 1.54) is 6.33 Å². The molecule has 1 atom stereocenters. The molecule has 0 aliphatic carbocycles. The van der Waals surface area contributed by atoms with Crippen LogP contribution >= 0.6 is 0 Å². The number of carbonyl (C=O) groups is 1. The minimum Gasteiger partial charge on any atom is -0.481 e. The molecule has 2 aromatic heterocycles. The van der Waals surface area contributed by atoms with Crippen molar-refractivity contribution in [1.29, 1.82) is 0 Å². The van der Waals surface area contributed by atoms with Gasteiger partial charge in [0.1, 0.15) is 17.9 Å². The summed E-state index contributed by atoms with van der Waals surface area (Å²) in [7, 11) is 0. The van der Waals surface area contributed by atoms with Crippen molar-refractivity contribution in [2.75, 3.05) is 5.32 Å². The van der Waals surface area contributed by atoms with Crippen LogP contribution in [0.15, 0.2) is 49.1 Å². The molecule has 7 nitrogen and oxygen atoms in total. The molecule has 1 N–H and O–H groups in total. The van der Waals surface area contributed by atoms with Gasteiger partial charge in [0, 0.05) is 18.5 Å². The third kappa shape index (κ3) is 4.54. The number of aromatic nitrogens is 4. The Balaban J connectivity index is 1.73. The lowest BCUT2D eigenvalue weighted by Crippen LogP contribution is -2.31. The van der Waals surface area contributed by atoms with Crippen LogP contribution in [0, 0.1) is 6.92 Å². The second-order valence-electron chi connectivity index (χ2n) is 7.71. The van der Waals surface area contributed by atoms with Crippen LogP contribution in [0.5, 0.6) is 5.75 Å². The van der Waals surface area contributed by atoms with E-state index >= 15 is 0 Å². The Kier molecular flexibility index (Phi) is 5.44. The first kappa shape index (κ1) is 19.5. The number of nitrogens with one attached hydrogen (secondary N) is 1. The molecular formula is C21H25N5O2. The number of carbonyl (C=O) groups excluding carboxylic acids is 1. The molecule has 2 heterocycles. The summed E-state index contributed by atoms with van der Waals surface area (Å²) in [5, 5.41) is 6.90. The van der Waals surface area contributed by atoms with Crippen LogP contribution in [0.3, 0.4) is 0 Å². The zero-order valence-electron chi connectivity index (χ0n) is 16.8. The predicted molar refractivity (Wildman–Crippen MR) is 108 cm³/mol. The average molecular weight is 379 g/mol. The lowest BCUT2D eigenvalue weighted by atomic mass is 9.85. The summed E-state index contributed by atoms with van der Waals surface area (Å²) in [5.74, 6) is 1.38. The van der Waals surface area contributed by atoms with Gasteiger partial charge in [0.2, 0.25) is 0 Å². The maximum atomic E-state index is 12.6. The van der Waals surface area contributed by atoms with Gasteiger partial charge in [-0.25, -0.2) is 14.6 Å². The first-order chi connectivity index (χ1) is 13.2. The molecule has 0 saturated heterocycles. The molecule has 1 unspecified atom stereocenters. The van der Waals surface area contributed by atoms with Gasteiger partial charge in [-0.1, -0.05) is 38.5 Å². The zero-order valence-corrected chi connectivity index (χ0v) is 16.8. The van der Waals surface area contributed by atoms with E-state index in [0.717, 1.165) is 11.1 Å². The first-order valence-electron chi connectivity index (χ1n) is 9.15. The van der Waals surface area contributed by atoms with E-state index in [9.17, 15) is 4.79 Å². The highest BCUT2D eigenvalue weighted by atomic mass is 16.5. The largest absolute Gasteiger partial charge is 0.481 e. The number of benzene rings is 1. The van der Waals surface area contributed by atoms with Crippen molar-refractivity contribution >= 4 is 11.7 Å². The molecule has 0 saturated carbocycles. The number of anilines is 1. The fraction of sp³-hybridized carbons (Fsp3) is 0.333. The quantitative estimate of drug-likeness (QED) is 0.731. The van der Waals surface area contributed by atoms with E-state index in [-0.39, 0.29) is 11.3 Å². The fourth-order valence-corrected chi connectivity index (χ4v) is 2.75. The molecule has 0 radical (unpaired) electrons. The third-order valence-corrected chi connectivity index (χ3v) is 4.26. The Labute approximate surface area is 164 Å². The Hall–Kier alpha value is -3.22. The zero-order chi connectivity index (χ0) is 20.3. The lowest BCUT2D eigenvalue weighted by Gasteiger charge is -2.25. The van der Waals surface area contributed by atoms with Crippen LogP contribution < -0.4 is 10.1 Å². The molecule has 0 aliphatic heterocycles. The van der Waals surface area contributed by atoms with Crippen LogP contribution in [-0.4, -0.2) is 31.8 Å². The highest BCUT2D eigenvalue weighted by molar-refractivity contribution is 5.93. The molecule has 0 fully saturated rings. The van der Waals surface area contributed by atoms with Gasteiger partial charge in [-0.3, -0.25) is 4.79 Å². The van der Waals surface area contributed by atoms with Gasteiger partial charge in [-0.2, -0.15) is 5.10 Å². The topological polar surface area (TPSA) is 81.9 Å². The minimum atomic E-state index is -0.688. The van der Waals surface area contributed by atoms with Gasteiger partial charge in [0.05, 0.1) is 0 Å². The highest BCUT2D eigenvalue weighted by Crippen LogP contribution is 2.32. The molecule has 0 aliphatic rings. The highest BCUT2D eigenvalue weighted by Gasteiger charge is 2.23. The van der Waals surface area contributed by atoms with E-state index in [0.29, 0.717) is 17.4 Å². The van der Waals surface area contributed by atoms with Gasteiger partial charge in [0.25, 0.3) is 5.91 Å². The second kappa shape index (κ2) is 7.80. The van der Waals surface area contributed by atoms with Crippen LogP contribution in [-0.2, 0) is 10.2 Å². The monoisotopic (exact) mass is 379 g/mol. The van der Waals surface area contributed by atoms with Crippen molar-refractivity contribution in [3.8, 4) is 11.6 Å². The van der Waals surface area contributed by atoms with Crippen LogP contribution in [0.2, 0.25) is 0 Å². The van der Waals surface area contributed by atoms with E-state index in [1.54, 1.807) is 36.1 Å². The van der Waals surface area contributed by atoms with Crippen LogP contribution in [0.4, 0.5) is 5.82 Å². The number of hydrogen-bond acceptors (Lipinski definition) is 5. The smallest absolute Gasteiger partial charge is 0.266 e. The second-order valence-corrected chi connectivity index (χ2v) is 7.71. The maximum absolute atomic E-state index is 12.6. The predicted octanol–water partition coefficient (Wildman–Crippen LogP) is 3.67. The molecule has 3 rings (SSSR count). The number of aryl methyl sites for hydroxylation is 1. The third-order valence-electron chi connectivity index (χ3n) is 4.26. The van der Waals surface area contributed by atoms with Crippen molar-refractivity contribution in [2.45, 2.75) is 46.1 Å². The normalized spacial score (nSPS) is 12.5. The molecular weight excluding hydrogens is 354 g/mol. The summed E-state index contributed by atoms with van der Waals surface area (Å²) in [6.07, 6.45) is 4.12. The molecule has 28 heavy (non-hydrogen) atoms. The number of ether oxygens (including phenoxy) is 1. The van der Waals surface area contributed by atoms with Gasteiger partial charge in [0.15, 0.2) is 11.9 Å². The van der Waals surface area contributed by atoms with Crippen molar-refractivity contribution in [3.63, 3.8) is 0 Å². The summed E-state index contributed by atoms with van der Waals surface area (Å²) in [6, 6.07) is 9.45. The summed E-state index contributed by atoms with van der Waals surface area (Å²) in [6.45, 7) is 10.1. The number of amides is 1. The van der Waals surface area contributed by atoms with E-state index in [4.69, 9.17) is 4.74 Å². The summed E-state index contributed by atoms with van der Waals surface area (Å²) < 4.78 is 7.59. The van der Waals surface area contributed by atoms with Crippen LogP contribution in [0.1, 0.15) is 38.8 Å². The molecule has 7 heteroatoms. The lowest BCUT2D eigenvalue weighted by molar-refractivity contribution is -0.122. The average Bonchev–Trinajstić information content (AvgIpc) is 3.17. The van der Waals surface area contributed by atoms with Crippen LogP contribution in [0.25, 0.3) is 5.82 Å². The van der Waals surface area contributed by atoms with Crippen molar-refractivity contribution in [1.82, 2.24) is 19.7 Å². The molecule has 0 bridgehead atoms. The Morgan fingerprint density at radius 2 is 2.00 bits per heavy atom. The van der Waals surface area contributed by atoms with Crippen molar-refractivity contribution < 1.29 is 9.53 Å². The van der Waals surface area contributed by atoms with Crippen molar-refractivity contribution in [2.24, 2.45) is 0 Å². The Morgan fingerprint density at radius 1 is 1.21 bits per heavy atom. The minimum absolute atomic E-state index is 0.0944. The Morgan fingerprint density at radius 3 is 2.68 bits per heavy atom. The van der Waals surface area contributed by atoms with E-state index in [1.807, 2.05) is 19.1 Å². The number of nitrogens with zero attached hydrogens (tertiary/aromatic N) is 4. The summed E-state index contributed by atoms with van der Waals surface area (Å²) in [4.78, 5) is 20.9. The molecule has 3 aromatic rings. The van der Waals surface area contributed by atoms with Gasteiger partial charge in [-0.05, 0) is 37.0 Å². The van der Waals surface area contributed by atoms with E-state index in [2.05, 4.69) is 47.2 Å². The fourth-order valence-electron chi connectivity index (χ4n) is 2.75. The molecule has 1 aromatic carbocycles. The van der Waals surface area contributed by atoms with Crippen molar-refractivity contribution in [3.05, 3.63) is 60.2 Å².